The molecule has 0 aliphatic carbocycles. The number of sulfone groups is 2. The van der Waals surface area contributed by atoms with Crippen LogP contribution in [0, 0.1) is 18.6 Å². The summed E-state index contributed by atoms with van der Waals surface area (Å²) >= 11 is 0. The molecule has 2 aromatic carbocycles. The number of ether oxygens (including phenoxy) is 2. The highest BCUT2D eigenvalue weighted by molar-refractivity contribution is 7.91. The third-order valence-corrected chi connectivity index (χ3v) is 13.4. The van der Waals surface area contributed by atoms with Gasteiger partial charge >= 0.3 is 0 Å². The fraction of sp³-hybridized carbons (Fsp3) is 0.286. The van der Waals surface area contributed by atoms with Crippen molar-refractivity contribution in [3.63, 3.8) is 0 Å². The number of hydrogen-bond donors (Lipinski definition) is 1. The van der Waals surface area contributed by atoms with E-state index in [1.165, 1.54) is 52.5 Å². The molecule has 330 valence electrons. The third-order valence-electron chi connectivity index (χ3n) is 10.2. The molecule has 8 rings (SSSR count). The van der Waals surface area contributed by atoms with Crippen molar-refractivity contribution in [1.82, 2.24) is 30.1 Å². The molecule has 0 bridgehead atoms. The molecule has 0 saturated carbocycles. The molecule has 1 N–H and O–H groups in total. The van der Waals surface area contributed by atoms with Crippen LogP contribution in [0.4, 0.5) is 8.78 Å². The van der Waals surface area contributed by atoms with E-state index in [0.29, 0.717) is 56.4 Å². The Hall–Kier alpha value is -6.58. The first-order valence-electron chi connectivity index (χ1n) is 19.4. The van der Waals surface area contributed by atoms with Crippen LogP contribution in [-0.2, 0) is 39.5 Å². The van der Waals surface area contributed by atoms with Gasteiger partial charge in [-0.15, -0.1) is 0 Å². The molecular weight excluding hydrogens is 867 g/mol. The van der Waals surface area contributed by atoms with Gasteiger partial charge in [0.05, 0.1) is 45.3 Å². The molecule has 0 spiro atoms. The molecule has 6 heterocycles. The fourth-order valence-electron chi connectivity index (χ4n) is 6.52. The zero-order valence-corrected chi connectivity index (χ0v) is 35.3. The lowest BCUT2D eigenvalue weighted by Gasteiger charge is -2.26. The topological polar surface area (TPSA) is 225 Å². The maximum absolute atomic E-state index is 13.2. The Kier molecular flexibility index (Phi) is 13.6. The number of benzene rings is 2. The van der Waals surface area contributed by atoms with Crippen LogP contribution < -0.4 is 9.47 Å². The quantitative estimate of drug-likeness (QED) is 0.190. The summed E-state index contributed by atoms with van der Waals surface area (Å²) in [5, 5.41) is 17.5. The van der Waals surface area contributed by atoms with E-state index in [2.05, 4.69) is 20.3 Å². The Morgan fingerprint density at radius 2 is 1.05 bits per heavy atom. The van der Waals surface area contributed by atoms with Crippen LogP contribution in [0.25, 0.3) is 22.5 Å². The van der Waals surface area contributed by atoms with Gasteiger partial charge in [0, 0.05) is 61.8 Å². The van der Waals surface area contributed by atoms with Crippen LogP contribution in [0.3, 0.4) is 0 Å². The monoisotopic (exact) mass is 906 g/mol. The number of hydrogen-bond acceptors (Lipinski definition) is 15. The second-order valence-corrected chi connectivity index (χ2v) is 19.0. The summed E-state index contributed by atoms with van der Waals surface area (Å²) in [7, 11) is -6.13. The lowest BCUT2D eigenvalue weighted by atomic mass is 10.1. The van der Waals surface area contributed by atoms with E-state index in [0.717, 1.165) is 0 Å². The Bertz CT molecular complexity index is 2760. The highest BCUT2D eigenvalue weighted by Gasteiger charge is 2.27. The SMILES string of the molecule is Cc1onc(-c2ccc(F)cc2)c1COc1ccc(C(=O)N2CCS(=O)(=O)CC2)cn1.O=C(c1ccc(OCc2c(-c3ccc(F)cc3)noc2CO)nc1)N1CCS(=O)(=O)CC1. The van der Waals surface area contributed by atoms with Crippen molar-refractivity contribution in [2.75, 3.05) is 49.2 Å². The minimum atomic E-state index is -3.08. The van der Waals surface area contributed by atoms with Gasteiger partial charge < -0.3 is 33.4 Å². The van der Waals surface area contributed by atoms with Crippen molar-refractivity contribution in [2.24, 2.45) is 0 Å². The van der Waals surface area contributed by atoms with Gasteiger partial charge in [0.1, 0.15) is 48.6 Å². The fourth-order valence-corrected chi connectivity index (χ4v) is 8.92. The van der Waals surface area contributed by atoms with Gasteiger partial charge in [-0.05, 0) is 67.6 Å². The summed E-state index contributed by atoms with van der Waals surface area (Å²) in [4.78, 5) is 36.4. The van der Waals surface area contributed by atoms with E-state index in [4.69, 9.17) is 18.5 Å². The lowest BCUT2D eigenvalue weighted by Crippen LogP contribution is -2.43. The summed E-state index contributed by atoms with van der Waals surface area (Å²) in [6.45, 7) is 2.15. The molecule has 21 heteroatoms. The van der Waals surface area contributed by atoms with Crippen LogP contribution >= 0.6 is 0 Å². The first-order valence-corrected chi connectivity index (χ1v) is 23.1. The van der Waals surface area contributed by atoms with Gasteiger partial charge in [-0.3, -0.25) is 9.59 Å². The summed E-state index contributed by atoms with van der Waals surface area (Å²) in [5.41, 5.74) is 4.17. The van der Waals surface area contributed by atoms with E-state index in [1.54, 1.807) is 49.4 Å². The normalized spacial score (nSPS) is 15.6. The van der Waals surface area contributed by atoms with E-state index in [9.17, 15) is 40.3 Å². The van der Waals surface area contributed by atoms with Crippen LogP contribution in [0.15, 0.2) is 94.2 Å². The second-order valence-electron chi connectivity index (χ2n) is 14.4. The smallest absolute Gasteiger partial charge is 0.255 e. The van der Waals surface area contributed by atoms with Gasteiger partial charge in [-0.25, -0.2) is 35.6 Å². The molecule has 63 heavy (non-hydrogen) atoms. The predicted octanol–water partition coefficient (Wildman–Crippen LogP) is 4.45. The molecule has 2 aliphatic heterocycles. The van der Waals surface area contributed by atoms with Gasteiger partial charge in [0.25, 0.3) is 11.8 Å². The number of carbonyl (C=O) groups is 2. The van der Waals surface area contributed by atoms with Crippen LogP contribution in [-0.4, -0.2) is 113 Å². The summed E-state index contributed by atoms with van der Waals surface area (Å²) in [6.07, 6.45) is 2.77. The second kappa shape index (κ2) is 19.2. The van der Waals surface area contributed by atoms with Crippen LogP contribution in [0.2, 0.25) is 0 Å². The Morgan fingerprint density at radius 1 is 0.635 bits per heavy atom. The third kappa shape index (κ3) is 11.1. The molecule has 0 radical (unpaired) electrons. The average Bonchev–Trinajstić information content (AvgIpc) is 3.88. The number of amides is 2. The van der Waals surface area contributed by atoms with Crippen LogP contribution in [0.5, 0.6) is 11.8 Å². The van der Waals surface area contributed by atoms with Crippen molar-refractivity contribution >= 4 is 31.5 Å². The standard InChI is InChI=1S/C21H20FN3O6S.C21H20FN3O5S/c22-16-4-1-14(2-5-16)20-17(18(12-26)31-24-20)13-30-19-6-3-15(11-23-19)21(27)25-7-9-32(28,29)10-8-25;1-14-18(20(24-30-14)15-2-5-17(22)6-3-15)13-29-19-7-4-16(12-23-19)21(26)25-8-10-31(27,28)11-9-25/h1-6,11,26H,7-10,12-13H2;2-7,12H,8-11,13H2,1H3. The molecule has 2 amide bonds. The maximum atomic E-state index is 13.2. The number of aliphatic hydroxyl groups excluding tert-OH is 1. The highest BCUT2D eigenvalue weighted by atomic mass is 32.2. The first-order chi connectivity index (χ1) is 30.2. The summed E-state index contributed by atoms with van der Waals surface area (Å²) in [5.74, 6) is -0.0887. The lowest BCUT2D eigenvalue weighted by molar-refractivity contribution is 0.0761. The highest BCUT2D eigenvalue weighted by Crippen LogP contribution is 2.29. The minimum absolute atomic E-state index is 0.0175. The minimum Gasteiger partial charge on any atom is -0.473 e. The Morgan fingerprint density at radius 3 is 1.46 bits per heavy atom. The zero-order valence-electron chi connectivity index (χ0n) is 33.6. The summed E-state index contributed by atoms with van der Waals surface area (Å²) in [6, 6.07) is 17.8. The van der Waals surface area contributed by atoms with Gasteiger partial charge in [-0.2, -0.15) is 0 Å². The molecule has 2 fully saturated rings. The molecule has 6 aromatic rings. The zero-order chi connectivity index (χ0) is 44.7. The average molecular weight is 907 g/mol. The van der Waals surface area contributed by atoms with Crippen LogP contribution in [0.1, 0.15) is 43.4 Å². The number of aliphatic hydroxyl groups is 1. The first kappa shape index (κ1) is 44.5. The number of rotatable bonds is 11. The maximum Gasteiger partial charge on any atom is 0.255 e. The van der Waals surface area contributed by atoms with Crippen molar-refractivity contribution in [2.45, 2.75) is 26.7 Å². The molecule has 2 saturated heterocycles. The molecule has 17 nitrogen and oxygen atoms in total. The molecule has 0 unspecified atom stereocenters. The molecule has 4 aromatic heterocycles. The number of pyridine rings is 2. The van der Waals surface area contributed by atoms with Gasteiger partial charge in [-0.1, -0.05) is 10.3 Å². The van der Waals surface area contributed by atoms with E-state index >= 15 is 0 Å². The molecule has 0 atom stereocenters. The van der Waals surface area contributed by atoms with Gasteiger partial charge in [0.15, 0.2) is 25.4 Å². The van der Waals surface area contributed by atoms with E-state index in [-0.39, 0.29) is 104 Å². The van der Waals surface area contributed by atoms with Crippen molar-refractivity contribution in [1.29, 1.82) is 0 Å². The van der Waals surface area contributed by atoms with E-state index < -0.39 is 19.7 Å². The number of halogens is 2. The van der Waals surface area contributed by atoms with Crippen molar-refractivity contribution in [3.05, 3.63) is 131 Å². The van der Waals surface area contributed by atoms with Crippen molar-refractivity contribution in [3.8, 4) is 34.3 Å². The number of aryl methyl sites for hydroxylation is 1. The number of nitrogens with zero attached hydrogens (tertiary/aromatic N) is 6. The Labute approximate surface area is 360 Å². The number of aromatic nitrogens is 4. The number of carbonyl (C=O) groups excluding carboxylic acids is 2. The molecular formula is C42H40F2N6O11S2. The largest absolute Gasteiger partial charge is 0.473 e. The van der Waals surface area contributed by atoms with E-state index in [1.807, 2.05) is 0 Å². The predicted molar refractivity (Wildman–Crippen MR) is 221 cm³/mol. The summed E-state index contributed by atoms with van der Waals surface area (Å²) < 4.78 is 94.4. The van der Waals surface area contributed by atoms with Crippen molar-refractivity contribution < 1.29 is 58.8 Å². The molecule has 2 aliphatic rings. The van der Waals surface area contributed by atoms with Gasteiger partial charge in [0.2, 0.25) is 11.8 Å². The Balaban J connectivity index is 0.000000189.